The zero-order chi connectivity index (χ0) is 19.0. The fourth-order valence-electron chi connectivity index (χ4n) is 4.54. The summed E-state index contributed by atoms with van der Waals surface area (Å²) in [5.74, 6) is 0.947. The number of aliphatic hydroxyl groups is 1. The predicted octanol–water partition coefficient (Wildman–Crippen LogP) is 2.18. The number of methoxy groups -OCH3 is 1. The molecule has 1 saturated heterocycles. The molecule has 2 atom stereocenters. The average molecular weight is 368 g/mol. The van der Waals surface area contributed by atoms with E-state index in [-0.39, 0.29) is 5.91 Å². The molecule has 1 amide bonds. The molecule has 0 aromatic heterocycles. The lowest BCUT2D eigenvalue weighted by molar-refractivity contribution is -0.136. The molecule has 0 bridgehead atoms. The van der Waals surface area contributed by atoms with Gasteiger partial charge in [0, 0.05) is 24.2 Å². The van der Waals surface area contributed by atoms with E-state index in [0.717, 1.165) is 28.9 Å². The van der Waals surface area contributed by atoms with Crippen molar-refractivity contribution in [2.75, 3.05) is 13.7 Å². The van der Waals surface area contributed by atoms with Gasteiger partial charge in [0.25, 0.3) is 0 Å². The third-order valence-corrected chi connectivity index (χ3v) is 5.93. The monoisotopic (exact) mass is 368 g/mol. The lowest BCUT2D eigenvalue weighted by Crippen LogP contribution is -2.35. The summed E-state index contributed by atoms with van der Waals surface area (Å²) in [4.78, 5) is 15.2. The molecule has 1 fully saturated rings. The third kappa shape index (κ3) is 3.00. The van der Waals surface area contributed by atoms with Crippen LogP contribution in [0, 0.1) is 5.41 Å². The Balaban J connectivity index is 1.57. The van der Waals surface area contributed by atoms with E-state index in [9.17, 15) is 9.90 Å². The number of carbonyl (C=O) groups excluding carboxylic acids is 1. The topological polar surface area (TPSA) is 82.0 Å². The van der Waals surface area contributed by atoms with Crippen molar-refractivity contribution in [2.24, 2.45) is 5.41 Å². The van der Waals surface area contributed by atoms with Gasteiger partial charge in [-0.15, -0.1) is 0 Å². The van der Waals surface area contributed by atoms with Crippen LogP contribution in [-0.2, 0) is 24.2 Å². The molecule has 1 spiro atoms. The highest BCUT2D eigenvalue weighted by Gasteiger charge is 2.50. The molecule has 1 aliphatic heterocycles. The number of fused-ring (bicyclic) bond motifs is 1. The van der Waals surface area contributed by atoms with E-state index in [4.69, 9.17) is 9.94 Å². The highest BCUT2D eigenvalue weighted by atomic mass is 16.5. The van der Waals surface area contributed by atoms with Crippen LogP contribution in [0.1, 0.15) is 34.9 Å². The number of ether oxygens (including phenoxy) is 1. The zero-order valence-electron chi connectivity index (χ0n) is 15.3. The van der Waals surface area contributed by atoms with E-state index >= 15 is 0 Å². The maximum atomic E-state index is 13.3. The van der Waals surface area contributed by atoms with Crippen LogP contribution in [0.4, 0.5) is 0 Å². The summed E-state index contributed by atoms with van der Waals surface area (Å²) in [6.07, 6.45) is 0.919. The van der Waals surface area contributed by atoms with Gasteiger partial charge in [0.1, 0.15) is 5.75 Å². The molecule has 27 heavy (non-hydrogen) atoms. The molecule has 2 aromatic rings. The number of aliphatic hydroxyl groups excluding tert-OH is 1. The van der Waals surface area contributed by atoms with Crippen molar-refractivity contribution >= 4 is 5.91 Å². The summed E-state index contributed by atoms with van der Waals surface area (Å²) in [7, 11) is 1.64. The number of benzene rings is 2. The fraction of sp³-hybridized carbons (Fsp3) is 0.381. The van der Waals surface area contributed by atoms with E-state index in [1.807, 2.05) is 46.8 Å². The van der Waals surface area contributed by atoms with Gasteiger partial charge in [-0.05, 0) is 36.5 Å². The molecular formula is C21H24N2O4. The van der Waals surface area contributed by atoms with E-state index in [2.05, 4.69) is 0 Å². The number of nitrogens with zero attached hydrogens (tertiary/aromatic N) is 1. The molecule has 6 nitrogen and oxygen atoms in total. The van der Waals surface area contributed by atoms with E-state index < -0.39 is 11.6 Å². The van der Waals surface area contributed by atoms with Crippen molar-refractivity contribution in [3.63, 3.8) is 0 Å². The molecule has 142 valence electrons. The van der Waals surface area contributed by atoms with Gasteiger partial charge in [-0.1, -0.05) is 36.4 Å². The SMILES string of the molecule is COc1ccccc1CN1CCC2(Cc3cccc(C(O)NO)c3C2)C1=O. The summed E-state index contributed by atoms with van der Waals surface area (Å²) >= 11 is 0. The minimum absolute atomic E-state index is 0.155. The van der Waals surface area contributed by atoms with Crippen LogP contribution < -0.4 is 10.2 Å². The van der Waals surface area contributed by atoms with Gasteiger partial charge in [-0.3, -0.25) is 4.79 Å². The first-order valence-electron chi connectivity index (χ1n) is 9.17. The van der Waals surface area contributed by atoms with Gasteiger partial charge in [0.15, 0.2) is 6.23 Å². The van der Waals surface area contributed by atoms with Gasteiger partial charge in [0.2, 0.25) is 5.91 Å². The smallest absolute Gasteiger partial charge is 0.229 e. The number of para-hydroxylation sites is 1. The van der Waals surface area contributed by atoms with Crippen molar-refractivity contribution in [3.05, 3.63) is 64.7 Å². The minimum Gasteiger partial charge on any atom is -0.496 e. The summed E-state index contributed by atoms with van der Waals surface area (Å²) < 4.78 is 5.42. The van der Waals surface area contributed by atoms with Crippen molar-refractivity contribution in [1.29, 1.82) is 0 Å². The van der Waals surface area contributed by atoms with Crippen LogP contribution in [0.5, 0.6) is 5.75 Å². The first-order valence-corrected chi connectivity index (χ1v) is 9.17. The number of carbonyl (C=O) groups is 1. The van der Waals surface area contributed by atoms with E-state index in [1.54, 1.807) is 13.2 Å². The summed E-state index contributed by atoms with van der Waals surface area (Å²) in [6.45, 7) is 1.25. The molecule has 0 saturated carbocycles. The van der Waals surface area contributed by atoms with Crippen LogP contribution in [0.2, 0.25) is 0 Å². The molecule has 3 N–H and O–H groups in total. The second-order valence-electron chi connectivity index (χ2n) is 7.44. The summed E-state index contributed by atoms with van der Waals surface area (Å²) in [5.41, 5.74) is 5.15. The number of likely N-dealkylation sites (tertiary alicyclic amines) is 1. The number of rotatable bonds is 5. The summed E-state index contributed by atoms with van der Waals surface area (Å²) in [6, 6.07) is 13.4. The second kappa shape index (κ2) is 6.96. The Morgan fingerprint density at radius 2 is 2.04 bits per heavy atom. The Kier molecular flexibility index (Phi) is 4.63. The van der Waals surface area contributed by atoms with Gasteiger partial charge < -0.3 is 20.0 Å². The second-order valence-corrected chi connectivity index (χ2v) is 7.44. The van der Waals surface area contributed by atoms with Crippen LogP contribution in [0.3, 0.4) is 0 Å². The maximum absolute atomic E-state index is 13.3. The molecule has 0 radical (unpaired) electrons. The lowest BCUT2D eigenvalue weighted by Gasteiger charge is -2.23. The predicted molar refractivity (Wildman–Crippen MR) is 99.2 cm³/mol. The number of hydrogen-bond donors (Lipinski definition) is 3. The first kappa shape index (κ1) is 18.0. The van der Waals surface area contributed by atoms with Crippen molar-refractivity contribution < 1.29 is 19.8 Å². The van der Waals surface area contributed by atoms with Crippen LogP contribution in [0.15, 0.2) is 42.5 Å². The Labute approximate surface area is 158 Å². The Bertz CT molecular complexity index is 869. The highest BCUT2D eigenvalue weighted by molar-refractivity contribution is 5.86. The molecule has 4 rings (SSSR count). The van der Waals surface area contributed by atoms with Crippen molar-refractivity contribution in [1.82, 2.24) is 10.4 Å². The van der Waals surface area contributed by atoms with Crippen molar-refractivity contribution in [3.8, 4) is 5.75 Å². The number of hydroxylamine groups is 1. The molecule has 2 unspecified atom stereocenters. The minimum atomic E-state index is -1.14. The van der Waals surface area contributed by atoms with Crippen molar-refractivity contribution in [2.45, 2.75) is 32.0 Å². The molecular weight excluding hydrogens is 344 g/mol. The van der Waals surface area contributed by atoms with E-state index in [0.29, 0.717) is 31.5 Å². The Hall–Kier alpha value is -2.41. The lowest BCUT2D eigenvalue weighted by atomic mass is 9.83. The zero-order valence-corrected chi connectivity index (χ0v) is 15.3. The quantitative estimate of drug-likeness (QED) is 0.557. The Morgan fingerprint density at radius 3 is 2.81 bits per heavy atom. The van der Waals surface area contributed by atoms with Crippen LogP contribution in [-0.4, -0.2) is 34.8 Å². The largest absolute Gasteiger partial charge is 0.496 e. The van der Waals surface area contributed by atoms with E-state index in [1.165, 1.54) is 0 Å². The average Bonchev–Trinajstić information content (AvgIpc) is 3.22. The first-order chi connectivity index (χ1) is 13.1. The maximum Gasteiger partial charge on any atom is 0.229 e. The summed E-state index contributed by atoms with van der Waals surface area (Å²) in [5, 5.41) is 19.1. The molecule has 6 heteroatoms. The van der Waals surface area contributed by atoms with Gasteiger partial charge >= 0.3 is 0 Å². The number of hydrogen-bond acceptors (Lipinski definition) is 5. The number of nitrogens with one attached hydrogen (secondary N) is 1. The fourth-order valence-corrected chi connectivity index (χ4v) is 4.54. The highest BCUT2D eigenvalue weighted by Crippen LogP contribution is 2.46. The molecule has 1 heterocycles. The van der Waals surface area contributed by atoms with Gasteiger partial charge in [-0.2, -0.15) is 5.48 Å². The standard InChI is InChI=1S/C21H24N2O4/c1-27-18-8-3-2-5-15(18)13-23-10-9-21(20(23)25)11-14-6-4-7-16(17(14)12-21)19(24)22-26/h2-8,19,22,24,26H,9-13H2,1H3. The third-order valence-electron chi connectivity index (χ3n) is 5.93. The van der Waals surface area contributed by atoms with Crippen LogP contribution in [0.25, 0.3) is 0 Å². The van der Waals surface area contributed by atoms with Gasteiger partial charge in [0.05, 0.1) is 12.5 Å². The van der Waals surface area contributed by atoms with Crippen LogP contribution >= 0.6 is 0 Å². The Morgan fingerprint density at radius 1 is 1.22 bits per heavy atom. The van der Waals surface area contributed by atoms with Gasteiger partial charge in [-0.25, -0.2) is 0 Å². The molecule has 2 aliphatic rings. The normalized spacial score (nSPS) is 22.3. The molecule has 2 aromatic carbocycles. The number of amides is 1. The molecule has 1 aliphatic carbocycles.